The van der Waals surface area contributed by atoms with Crippen LogP contribution in [0.25, 0.3) is 0 Å². The van der Waals surface area contributed by atoms with Crippen LogP contribution in [0.1, 0.15) is 44.2 Å². The molecule has 0 amide bonds. The summed E-state index contributed by atoms with van der Waals surface area (Å²) in [6.45, 7) is 5.45. The lowest BCUT2D eigenvalue weighted by molar-refractivity contribution is 0.218. The molecule has 2 rings (SSSR count). The van der Waals surface area contributed by atoms with Crippen LogP contribution in [0.15, 0.2) is 24.3 Å². The summed E-state index contributed by atoms with van der Waals surface area (Å²) in [6.07, 6.45) is 6.26. The van der Waals surface area contributed by atoms with E-state index in [1.54, 1.807) is 5.56 Å². The first-order valence-corrected chi connectivity index (χ1v) is 6.92. The van der Waals surface area contributed by atoms with Crippen molar-refractivity contribution in [3.05, 3.63) is 35.4 Å². The summed E-state index contributed by atoms with van der Waals surface area (Å²) >= 11 is 0. The first kappa shape index (κ1) is 12.6. The minimum absolute atomic E-state index is 0.374. The predicted molar refractivity (Wildman–Crippen MR) is 74.0 cm³/mol. The third-order valence-electron chi connectivity index (χ3n) is 4.29. The van der Waals surface area contributed by atoms with Crippen LogP contribution >= 0.6 is 0 Å². The van der Waals surface area contributed by atoms with Gasteiger partial charge in [-0.1, -0.05) is 44.5 Å². The minimum atomic E-state index is 0.374. The zero-order valence-electron chi connectivity index (χ0n) is 11.2. The van der Waals surface area contributed by atoms with Crippen LogP contribution in [0.4, 0.5) is 0 Å². The largest absolute Gasteiger partial charge is 0.330 e. The molecule has 0 spiro atoms. The molecule has 1 aromatic carbocycles. The Morgan fingerprint density at radius 2 is 1.94 bits per heavy atom. The van der Waals surface area contributed by atoms with Crippen LogP contribution in [-0.2, 0) is 12.8 Å². The SMILES string of the molecule is CC(C)CCC1(CN)CCc2ccccc2C1. The molecule has 0 radical (unpaired) electrons. The third kappa shape index (κ3) is 2.90. The topological polar surface area (TPSA) is 26.0 Å². The standard InChI is InChI=1S/C16H25N/c1-13(2)7-9-16(12-17)10-8-14-5-3-4-6-15(14)11-16/h3-6,13H,7-12,17H2,1-2H3. The second kappa shape index (κ2) is 5.22. The number of rotatable bonds is 4. The first-order chi connectivity index (χ1) is 8.15. The summed E-state index contributed by atoms with van der Waals surface area (Å²) in [5.74, 6) is 0.788. The molecule has 1 unspecified atom stereocenters. The van der Waals surface area contributed by atoms with Crippen molar-refractivity contribution in [2.45, 2.75) is 46.0 Å². The highest BCUT2D eigenvalue weighted by molar-refractivity contribution is 5.31. The molecule has 0 aromatic heterocycles. The lowest BCUT2D eigenvalue weighted by Crippen LogP contribution is -2.36. The molecule has 0 bridgehead atoms. The Bertz CT molecular complexity index is 370. The lowest BCUT2D eigenvalue weighted by atomic mass is 9.68. The molecule has 17 heavy (non-hydrogen) atoms. The Labute approximate surface area is 105 Å². The van der Waals surface area contributed by atoms with E-state index in [1.807, 2.05) is 0 Å². The third-order valence-corrected chi connectivity index (χ3v) is 4.29. The fourth-order valence-corrected chi connectivity index (χ4v) is 2.95. The van der Waals surface area contributed by atoms with Gasteiger partial charge >= 0.3 is 0 Å². The van der Waals surface area contributed by atoms with Crippen molar-refractivity contribution in [2.24, 2.45) is 17.1 Å². The van der Waals surface area contributed by atoms with Crippen molar-refractivity contribution >= 4 is 0 Å². The fourth-order valence-electron chi connectivity index (χ4n) is 2.95. The van der Waals surface area contributed by atoms with E-state index in [2.05, 4.69) is 38.1 Å². The molecule has 1 atom stereocenters. The molecule has 1 aliphatic rings. The molecular formula is C16H25N. The second-order valence-electron chi connectivity index (χ2n) is 6.08. The maximum Gasteiger partial charge on any atom is -0.00172 e. The van der Waals surface area contributed by atoms with E-state index < -0.39 is 0 Å². The highest BCUT2D eigenvalue weighted by Crippen LogP contribution is 2.39. The van der Waals surface area contributed by atoms with Crippen LogP contribution in [0, 0.1) is 11.3 Å². The summed E-state index contributed by atoms with van der Waals surface area (Å²) in [5.41, 5.74) is 9.53. The Kier molecular flexibility index (Phi) is 3.88. The number of hydrogen-bond donors (Lipinski definition) is 1. The molecule has 1 heteroatoms. The molecule has 94 valence electrons. The van der Waals surface area contributed by atoms with Gasteiger partial charge in [-0.2, -0.15) is 0 Å². The molecule has 2 N–H and O–H groups in total. The van der Waals surface area contributed by atoms with Gasteiger partial charge in [0.2, 0.25) is 0 Å². The predicted octanol–water partition coefficient (Wildman–Crippen LogP) is 3.56. The quantitative estimate of drug-likeness (QED) is 0.842. The van der Waals surface area contributed by atoms with E-state index in [9.17, 15) is 0 Å². The lowest BCUT2D eigenvalue weighted by Gasteiger charge is -2.38. The van der Waals surface area contributed by atoms with E-state index in [0.717, 1.165) is 12.5 Å². The van der Waals surface area contributed by atoms with Crippen LogP contribution in [0.3, 0.4) is 0 Å². The van der Waals surface area contributed by atoms with Crippen molar-refractivity contribution in [2.75, 3.05) is 6.54 Å². The molecule has 0 saturated carbocycles. The molecule has 0 heterocycles. The molecular weight excluding hydrogens is 206 g/mol. The second-order valence-corrected chi connectivity index (χ2v) is 6.08. The van der Waals surface area contributed by atoms with Gasteiger partial charge in [-0.25, -0.2) is 0 Å². The van der Waals surface area contributed by atoms with Crippen LogP contribution in [0.2, 0.25) is 0 Å². The van der Waals surface area contributed by atoms with Gasteiger partial charge in [0.05, 0.1) is 0 Å². The molecule has 0 saturated heterocycles. The van der Waals surface area contributed by atoms with Gasteiger partial charge in [0.25, 0.3) is 0 Å². The minimum Gasteiger partial charge on any atom is -0.330 e. The van der Waals surface area contributed by atoms with Crippen LogP contribution in [-0.4, -0.2) is 6.54 Å². The van der Waals surface area contributed by atoms with Crippen molar-refractivity contribution in [3.63, 3.8) is 0 Å². The van der Waals surface area contributed by atoms with Gasteiger partial charge in [-0.05, 0) is 54.7 Å². The molecule has 1 nitrogen and oxygen atoms in total. The Morgan fingerprint density at radius 1 is 1.24 bits per heavy atom. The zero-order chi connectivity index (χ0) is 12.3. The van der Waals surface area contributed by atoms with Crippen molar-refractivity contribution in [1.29, 1.82) is 0 Å². The van der Waals surface area contributed by atoms with Crippen LogP contribution in [0.5, 0.6) is 0 Å². The number of aryl methyl sites for hydroxylation is 1. The van der Waals surface area contributed by atoms with Crippen LogP contribution < -0.4 is 5.73 Å². The number of fused-ring (bicyclic) bond motifs is 1. The van der Waals surface area contributed by atoms with E-state index in [1.165, 1.54) is 37.7 Å². The maximum atomic E-state index is 6.08. The maximum absolute atomic E-state index is 6.08. The highest BCUT2D eigenvalue weighted by atomic mass is 14.6. The summed E-state index contributed by atoms with van der Waals surface area (Å²) in [7, 11) is 0. The zero-order valence-corrected chi connectivity index (χ0v) is 11.2. The normalized spacial score (nSPS) is 23.8. The molecule has 1 aromatic rings. The Morgan fingerprint density at radius 3 is 2.59 bits per heavy atom. The van der Waals surface area contributed by atoms with Gasteiger partial charge in [0, 0.05) is 0 Å². The number of benzene rings is 1. The van der Waals surface area contributed by atoms with Crippen molar-refractivity contribution in [3.8, 4) is 0 Å². The monoisotopic (exact) mass is 231 g/mol. The van der Waals surface area contributed by atoms with Gasteiger partial charge < -0.3 is 5.73 Å². The molecule has 1 aliphatic carbocycles. The molecule has 0 fully saturated rings. The van der Waals surface area contributed by atoms with Gasteiger partial charge in [-0.15, -0.1) is 0 Å². The van der Waals surface area contributed by atoms with Gasteiger partial charge in [0.1, 0.15) is 0 Å². The summed E-state index contributed by atoms with van der Waals surface area (Å²) < 4.78 is 0. The van der Waals surface area contributed by atoms with E-state index in [0.29, 0.717) is 5.41 Å². The van der Waals surface area contributed by atoms with E-state index in [-0.39, 0.29) is 0 Å². The average Bonchev–Trinajstić information content (AvgIpc) is 2.36. The Hall–Kier alpha value is -0.820. The highest BCUT2D eigenvalue weighted by Gasteiger charge is 2.32. The average molecular weight is 231 g/mol. The van der Waals surface area contributed by atoms with Gasteiger partial charge in [-0.3, -0.25) is 0 Å². The van der Waals surface area contributed by atoms with E-state index >= 15 is 0 Å². The number of nitrogens with two attached hydrogens (primary N) is 1. The Balaban J connectivity index is 2.11. The smallest absolute Gasteiger partial charge is 0.00172 e. The van der Waals surface area contributed by atoms with E-state index in [4.69, 9.17) is 5.73 Å². The van der Waals surface area contributed by atoms with Gasteiger partial charge in [0.15, 0.2) is 0 Å². The first-order valence-electron chi connectivity index (χ1n) is 6.92. The summed E-state index contributed by atoms with van der Waals surface area (Å²) in [6, 6.07) is 8.88. The number of hydrogen-bond acceptors (Lipinski definition) is 1. The fraction of sp³-hybridized carbons (Fsp3) is 0.625. The summed E-state index contributed by atoms with van der Waals surface area (Å²) in [4.78, 5) is 0. The van der Waals surface area contributed by atoms with Crippen molar-refractivity contribution < 1.29 is 0 Å². The molecule has 0 aliphatic heterocycles. The van der Waals surface area contributed by atoms with Crippen molar-refractivity contribution in [1.82, 2.24) is 0 Å². The summed E-state index contributed by atoms with van der Waals surface area (Å²) in [5, 5.41) is 0.